The van der Waals surface area contributed by atoms with Crippen LogP contribution < -0.4 is 4.90 Å². The molecule has 0 aliphatic rings. The second-order valence-electron chi connectivity index (χ2n) is 6.26. The SMILES string of the molecule is Cc1nc(CN(C(=O)CS(=O)(=O)CC(C)C)c2ccc(F)cc2)cs1. The second-order valence-corrected chi connectivity index (χ2v) is 9.43. The third kappa shape index (κ3) is 5.89. The zero-order chi connectivity index (χ0) is 18.6. The molecule has 0 fully saturated rings. The summed E-state index contributed by atoms with van der Waals surface area (Å²) in [5, 5.41) is 2.68. The van der Waals surface area contributed by atoms with Gasteiger partial charge in [-0.05, 0) is 37.1 Å². The summed E-state index contributed by atoms with van der Waals surface area (Å²) in [6.07, 6.45) is 0. The number of halogens is 1. The van der Waals surface area contributed by atoms with Gasteiger partial charge >= 0.3 is 0 Å². The molecule has 136 valence electrons. The number of aryl methyl sites for hydroxylation is 1. The number of hydrogen-bond acceptors (Lipinski definition) is 5. The molecule has 0 radical (unpaired) electrons. The lowest BCUT2D eigenvalue weighted by molar-refractivity contribution is -0.116. The van der Waals surface area contributed by atoms with Gasteiger partial charge in [0.1, 0.15) is 11.6 Å². The lowest BCUT2D eigenvalue weighted by atomic mass is 10.2. The predicted octanol–water partition coefficient (Wildman–Crippen LogP) is 3.19. The van der Waals surface area contributed by atoms with Crippen LogP contribution in [-0.4, -0.2) is 30.8 Å². The van der Waals surface area contributed by atoms with Gasteiger partial charge in [0, 0.05) is 11.1 Å². The second kappa shape index (κ2) is 8.05. The van der Waals surface area contributed by atoms with E-state index in [1.54, 1.807) is 13.8 Å². The van der Waals surface area contributed by atoms with E-state index in [1.165, 1.54) is 40.5 Å². The van der Waals surface area contributed by atoms with Crippen molar-refractivity contribution in [1.29, 1.82) is 0 Å². The number of thiazole rings is 1. The van der Waals surface area contributed by atoms with Crippen LogP contribution in [0, 0.1) is 18.7 Å². The van der Waals surface area contributed by atoms with Crippen molar-refractivity contribution >= 4 is 32.8 Å². The highest BCUT2D eigenvalue weighted by Crippen LogP contribution is 2.20. The Morgan fingerprint density at radius 1 is 1.28 bits per heavy atom. The van der Waals surface area contributed by atoms with E-state index in [4.69, 9.17) is 0 Å². The Balaban J connectivity index is 2.27. The van der Waals surface area contributed by atoms with Crippen LogP contribution in [0.3, 0.4) is 0 Å². The molecule has 1 aromatic heterocycles. The number of amides is 1. The maximum Gasteiger partial charge on any atom is 0.242 e. The number of hydrogen-bond donors (Lipinski definition) is 0. The molecule has 0 aliphatic carbocycles. The highest BCUT2D eigenvalue weighted by molar-refractivity contribution is 7.92. The minimum Gasteiger partial charge on any atom is -0.306 e. The Hall–Kier alpha value is -1.80. The third-order valence-electron chi connectivity index (χ3n) is 3.36. The van der Waals surface area contributed by atoms with Gasteiger partial charge in [0.2, 0.25) is 5.91 Å². The molecule has 5 nitrogen and oxygen atoms in total. The Bertz CT molecular complexity index is 830. The summed E-state index contributed by atoms with van der Waals surface area (Å²) in [6, 6.07) is 5.40. The minimum absolute atomic E-state index is 0.0498. The van der Waals surface area contributed by atoms with Gasteiger partial charge in [0.15, 0.2) is 9.84 Å². The molecule has 2 rings (SSSR count). The molecule has 0 saturated carbocycles. The van der Waals surface area contributed by atoms with E-state index < -0.39 is 27.3 Å². The van der Waals surface area contributed by atoms with Crippen molar-refractivity contribution in [2.24, 2.45) is 5.92 Å². The number of carbonyl (C=O) groups excluding carboxylic acids is 1. The zero-order valence-electron chi connectivity index (χ0n) is 14.4. The van der Waals surface area contributed by atoms with Crippen molar-refractivity contribution in [2.45, 2.75) is 27.3 Å². The third-order valence-corrected chi connectivity index (χ3v) is 6.04. The predicted molar refractivity (Wildman–Crippen MR) is 97.9 cm³/mol. The Labute approximate surface area is 151 Å². The molecule has 8 heteroatoms. The van der Waals surface area contributed by atoms with Crippen LogP contribution in [0.5, 0.6) is 0 Å². The van der Waals surface area contributed by atoms with Crippen LogP contribution in [0.4, 0.5) is 10.1 Å². The molecule has 0 N–H and O–H groups in total. The number of benzene rings is 1. The average molecular weight is 384 g/mol. The normalized spacial score (nSPS) is 11.7. The molecule has 1 aromatic carbocycles. The lowest BCUT2D eigenvalue weighted by Crippen LogP contribution is -2.36. The molecule has 2 aromatic rings. The van der Waals surface area contributed by atoms with Crippen LogP contribution in [0.25, 0.3) is 0 Å². The summed E-state index contributed by atoms with van der Waals surface area (Å²) in [4.78, 5) is 18.3. The molecule has 1 heterocycles. The van der Waals surface area contributed by atoms with Gasteiger partial charge in [-0.3, -0.25) is 4.79 Å². The van der Waals surface area contributed by atoms with Gasteiger partial charge in [0.25, 0.3) is 0 Å². The van der Waals surface area contributed by atoms with E-state index in [2.05, 4.69) is 4.98 Å². The quantitative estimate of drug-likeness (QED) is 0.735. The Kier molecular flexibility index (Phi) is 6.29. The van der Waals surface area contributed by atoms with E-state index in [0.29, 0.717) is 11.4 Å². The highest BCUT2D eigenvalue weighted by atomic mass is 32.2. The zero-order valence-corrected chi connectivity index (χ0v) is 16.0. The molecule has 1 amide bonds. The van der Waals surface area contributed by atoms with Gasteiger partial charge in [-0.15, -0.1) is 11.3 Å². The van der Waals surface area contributed by atoms with E-state index in [1.807, 2.05) is 12.3 Å². The summed E-state index contributed by atoms with van der Waals surface area (Å²) in [6.45, 7) is 5.58. The largest absolute Gasteiger partial charge is 0.306 e. The van der Waals surface area contributed by atoms with Crippen molar-refractivity contribution in [3.05, 3.63) is 46.2 Å². The monoisotopic (exact) mass is 384 g/mol. The van der Waals surface area contributed by atoms with Gasteiger partial charge in [-0.2, -0.15) is 0 Å². The maximum absolute atomic E-state index is 13.2. The van der Waals surface area contributed by atoms with E-state index in [-0.39, 0.29) is 18.2 Å². The summed E-state index contributed by atoms with van der Waals surface area (Å²) < 4.78 is 37.5. The number of nitrogens with zero attached hydrogens (tertiary/aromatic N) is 2. The number of rotatable bonds is 7. The fourth-order valence-electron chi connectivity index (χ4n) is 2.42. The molecular weight excluding hydrogens is 363 g/mol. The topological polar surface area (TPSA) is 67.3 Å². The van der Waals surface area contributed by atoms with Crippen molar-refractivity contribution in [3.8, 4) is 0 Å². The van der Waals surface area contributed by atoms with E-state index in [9.17, 15) is 17.6 Å². The van der Waals surface area contributed by atoms with Gasteiger partial charge < -0.3 is 4.90 Å². The minimum atomic E-state index is -3.51. The van der Waals surface area contributed by atoms with Crippen LogP contribution in [0.1, 0.15) is 24.5 Å². The Morgan fingerprint density at radius 3 is 2.44 bits per heavy atom. The molecular formula is C17H21FN2O3S2. The number of carbonyl (C=O) groups is 1. The summed E-state index contributed by atoms with van der Waals surface area (Å²) in [7, 11) is -3.51. The molecule has 0 unspecified atom stereocenters. The summed E-state index contributed by atoms with van der Waals surface area (Å²) in [5.41, 5.74) is 1.11. The van der Waals surface area contributed by atoms with Gasteiger partial charge in [0.05, 0.1) is 23.0 Å². The molecule has 0 spiro atoms. The maximum atomic E-state index is 13.2. The fourth-order valence-corrected chi connectivity index (χ4v) is 4.69. The molecule has 0 atom stereocenters. The summed E-state index contributed by atoms with van der Waals surface area (Å²) >= 11 is 1.45. The smallest absolute Gasteiger partial charge is 0.242 e. The van der Waals surface area contributed by atoms with Crippen molar-refractivity contribution in [1.82, 2.24) is 4.98 Å². The average Bonchev–Trinajstić information content (AvgIpc) is 2.89. The van der Waals surface area contributed by atoms with Crippen molar-refractivity contribution in [2.75, 3.05) is 16.4 Å². The summed E-state index contributed by atoms with van der Waals surface area (Å²) in [5.74, 6) is -1.65. The van der Waals surface area contributed by atoms with Crippen molar-refractivity contribution in [3.63, 3.8) is 0 Å². The standard InChI is InChI=1S/C17H21FN2O3S2/c1-12(2)10-25(22,23)11-17(21)20(8-15-9-24-13(3)19-15)16-6-4-14(18)5-7-16/h4-7,9,12H,8,10-11H2,1-3H3. The number of anilines is 1. The first-order valence-electron chi connectivity index (χ1n) is 7.83. The Morgan fingerprint density at radius 2 is 1.92 bits per heavy atom. The van der Waals surface area contributed by atoms with Gasteiger partial charge in [-0.25, -0.2) is 17.8 Å². The lowest BCUT2D eigenvalue weighted by Gasteiger charge is -2.22. The highest BCUT2D eigenvalue weighted by Gasteiger charge is 2.24. The van der Waals surface area contributed by atoms with E-state index in [0.717, 1.165) is 5.01 Å². The first kappa shape index (κ1) is 19.5. The fraction of sp³-hybridized carbons (Fsp3) is 0.412. The first-order valence-corrected chi connectivity index (χ1v) is 10.5. The molecule has 25 heavy (non-hydrogen) atoms. The van der Waals surface area contributed by atoms with Crippen LogP contribution >= 0.6 is 11.3 Å². The molecule has 0 aliphatic heterocycles. The van der Waals surface area contributed by atoms with Crippen LogP contribution in [0.2, 0.25) is 0 Å². The first-order chi connectivity index (χ1) is 11.7. The molecule has 0 saturated heterocycles. The van der Waals surface area contributed by atoms with Crippen molar-refractivity contribution < 1.29 is 17.6 Å². The van der Waals surface area contributed by atoms with Crippen LogP contribution in [-0.2, 0) is 21.2 Å². The molecule has 0 bridgehead atoms. The van der Waals surface area contributed by atoms with E-state index >= 15 is 0 Å². The van der Waals surface area contributed by atoms with Crippen LogP contribution in [0.15, 0.2) is 29.6 Å². The number of sulfone groups is 1. The van der Waals surface area contributed by atoms with Gasteiger partial charge in [-0.1, -0.05) is 13.8 Å². The number of aromatic nitrogens is 1.